The summed E-state index contributed by atoms with van der Waals surface area (Å²) in [6.45, 7) is 9.98. The second-order valence-corrected chi connectivity index (χ2v) is 8.86. The molecule has 0 spiro atoms. The smallest absolute Gasteiger partial charge is 0.301 e. The molecule has 120 valence electrons. The van der Waals surface area contributed by atoms with Gasteiger partial charge in [0.1, 0.15) is 0 Å². The van der Waals surface area contributed by atoms with Gasteiger partial charge in [0.2, 0.25) is 0 Å². The van der Waals surface area contributed by atoms with Gasteiger partial charge < -0.3 is 14.9 Å². The topological polar surface area (TPSA) is 48.1 Å². The van der Waals surface area contributed by atoms with Crippen LogP contribution in [0.1, 0.15) is 72.1 Å². The maximum atomic E-state index is 3.98. The lowest BCUT2D eigenvalue weighted by atomic mass is 9.96. The van der Waals surface area contributed by atoms with E-state index in [0.717, 1.165) is 19.6 Å². The number of hydrogen-bond donors (Lipinski definition) is 4. The van der Waals surface area contributed by atoms with E-state index in [1.807, 2.05) is 0 Å². The molecule has 0 amide bonds. The highest BCUT2D eigenvalue weighted by Gasteiger charge is 2.35. The van der Waals surface area contributed by atoms with Crippen LogP contribution in [0.2, 0.25) is 0 Å². The quantitative estimate of drug-likeness (QED) is 0.442. The lowest BCUT2D eigenvalue weighted by Crippen LogP contribution is -2.82. The molecule has 4 nitrogen and oxygen atoms in total. The van der Waals surface area contributed by atoms with E-state index < -0.39 is 8.72 Å². The Bertz CT molecular complexity index is 210. The highest BCUT2D eigenvalue weighted by molar-refractivity contribution is 6.70. The van der Waals surface area contributed by atoms with Crippen molar-refractivity contribution in [3.63, 3.8) is 0 Å². The first-order valence-corrected chi connectivity index (χ1v) is 10.8. The summed E-state index contributed by atoms with van der Waals surface area (Å²) in [5.41, 5.74) is 0. The minimum Gasteiger partial charge on any atom is -0.301 e. The molecule has 1 aliphatic rings. The maximum Gasteiger partial charge on any atom is 0.366 e. The van der Waals surface area contributed by atoms with E-state index in [4.69, 9.17) is 0 Å². The van der Waals surface area contributed by atoms with Crippen molar-refractivity contribution in [2.24, 2.45) is 0 Å². The van der Waals surface area contributed by atoms with Crippen molar-refractivity contribution in [2.45, 2.75) is 78.2 Å². The summed E-state index contributed by atoms with van der Waals surface area (Å²) < 4.78 is 0. The normalized spacial score (nSPS) is 17.6. The Labute approximate surface area is 127 Å². The lowest BCUT2D eigenvalue weighted by molar-refractivity contribution is 0.403. The zero-order valence-electron chi connectivity index (χ0n) is 13.9. The van der Waals surface area contributed by atoms with Crippen LogP contribution in [-0.4, -0.2) is 34.4 Å². The Kier molecular flexibility index (Phi) is 9.72. The van der Waals surface area contributed by atoms with Crippen LogP contribution in [0.15, 0.2) is 0 Å². The third kappa shape index (κ3) is 6.67. The van der Waals surface area contributed by atoms with Gasteiger partial charge in [0.25, 0.3) is 0 Å². The largest absolute Gasteiger partial charge is 0.366 e. The fourth-order valence-electron chi connectivity index (χ4n) is 2.83. The van der Waals surface area contributed by atoms with E-state index in [1.54, 1.807) is 0 Å². The van der Waals surface area contributed by atoms with Gasteiger partial charge in [0.15, 0.2) is 0 Å². The zero-order chi connectivity index (χ0) is 14.7. The molecule has 0 aromatic rings. The average molecular weight is 301 g/mol. The summed E-state index contributed by atoms with van der Waals surface area (Å²) in [6, 6.07) is 0.688. The van der Waals surface area contributed by atoms with Crippen molar-refractivity contribution in [3.05, 3.63) is 0 Å². The van der Waals surface area contributed by atoms with E-state index in [0.29, 0.717) is 6.04 Å². The minimum absolute atomic E-state index is 0.688. The molecule has 1 rings (SSSR count). The standard InChI is InChI=1S/C15H36N4Si/c1-4-12-16-20(17-13-5-2,18-14-6-3)19-15-10-8-7-9-11-15/h15-19H,4-14H2,1-3H3. The van der Waals surface area contributed by atoms with Crippen LogP contribution in [0, 0.1) is 0 Å². The SMILES string of the molecule is CCCN[Si](NCCC)(NCCC)NC1CCCCC1. The Morgan fingerprint density at radius 2 is 1.20 bits per heavy atom. The van der Waals surface area contributed by atoms with Crippen LogP contribution in [-0.2, 0) is 0 Å². The fourth-order valence-corrected chi connectivity index (χ4v) is 6.29. The van der Waals surface area contributed by atoms with Crippen LogP contribution in [0.3, 0.4) is 0 Å². The number of nitrogens with one attached hydrogen (secondary N) is 4. The molecule has 0 aromatic heterocycles. The van der Waals surface area contributed by atoms with E-state index in [2.05, 4.69) is 40.7 Å². The van der Waals surface area contributed by atoms with E-state index in [9.17, 15) is 0 Å². The first-order valence-electron chi connectivity index (χ1n) is 8.79. The Balaban J connectivity index is 2.64. The van der Waals surface area contributed by atoms with Crippen LogP contribution >= 0.6 is 0 Å². The second kappa shape index (κ2) is 10.7. The zero-order valence-corrected chi connectivity index (χ0v) is 14.9. The van der Waals surface area contributed by atoms with Gasteiger partial charge in [-0.3, -0.25) is 4.98 Å². The van der Waals surface area contributed by atoms with Crippen molar-refractivity contribution >= 4 is 8.72 Å². The third-order valence-electron chi connectivity index (χ3n) is 3.95. The lowest BCUT2D eigenvalue weighted by Gasteiger charge is -2.38. The van der Waals surface area contributed by atoms with Gasteiger partial charge in [-0.25, -0.2) is 0 Å². The molecule has 1 aliphatic carbocycles. The molecular formula is C15H36N4Si. The fraction of sp³-hybridized carbons (Fsp3) is 1.00. The molecule has 5 heteroatoms. The molecule has 0 radical (unpaired) electrons. The molecule has 20 heavy (non-hydrogen) atoms. The van der Waals surface area contributed by atoms with Gasteiger partial charge in [-0.05, 0) is 51.7 Å². The van der Waals surface area contributed by atoms with Crippen molar-refractivity contribution in [1.82, 2.24) is 19.9 Å². The first kappa shape index (κ1) is 18.1. The number of rotatable bonds is 11. The highest BCUT2D eigenvalue weighted by Crippen LogP contribution is 2.17. The molecule has 0 saturated heterocycles. The molecule has 1 saturated carbocycles. The van der Waals surface area contributed by atoms with Gasteiger partial charge in [-0.1, -0.05) is 40.0 Å². The highest BCUT2D eigenvalue weighted by atomic mass is 28.4. The second-order valence-electron chi connectivity index (χ2n) is 6.01. The first-order chi connectivity index (χ1) is 9.76. The van der Waals surface area contributed by atoms with E-state index in [-0.39, 0.29) is 0 Å². The Morgan fingerprint density at radius 1 is 0.750 bits per heavy atom. The van der Waals surface area contributed by atoms with Gasteiger partial charge in [0.05, 0.1) is 0 Å². The Morgan fingerprint density at radius 3 is 1.60 bits per heavy atom. The van der Waals surface area contributed by atoms with Crippen molar-refractivity contribution in [2.75, 3.05) is 19.6 Å². The van der Waals surface area contributed by atoms with Gasteiger partial charge >= 0.3 is 8.72 Å². The van der Waals surface area contributed by atoms with Gasteiger partial charge in [-0.2, -0.15) is 0 Å². The van der Waals surface area contributed by atoms with Crippen molar-refractivity contribution < 1.29 is 0 Å². The molecular weight excluding hydrogens is 264 g/mol. The molecule has 0 heterocycles. The summed E-state index contributed by atoms with van der Waals surface area (Å²) >= 11 is 0. The molecule has 0 bridgehead atoms. The predicted molar refractivity (Wildman–Crippen MR) is 90.6 cm³/mol. The Hall–Kier alpha value is 0.0569. The van der Waals surface area contributed by atoms with Crippen molar-refractivity contribution in [1.29, 1.82) is 0 Å². The molecule has 0 atom stereocenters. The molecule has 1 fully saturated rings. The monoisotopic (exact) mass is 300 g/mol. The van der Waals surface area contributed by atoms with Gasteiger partial charge in [0, 0.05) is 6.04 Å². The van der Waals surface area contributed by atoms with Crippen molar-refractivity contribution in [3.8, 4) is 0 Å². The molecule has 4 N–H and O–H groups in total. The summed E-state index contributed by atoms with van der Waals surface area (Å²) in [5.74, 6) is 0. The van der Waals surface area contributed by atoms with Gasteiger partial charge in [-0.15, -0.1) is 0 Å². The summed E-state index contributed by atoms with van der Waals surface area (Å²) in [6.07, 6.45) is 10.4. The van der Waals surface area contributed by atoms with Crippen LogP contribution in [0.4, 0.5) is 0 Å². The molecule has 0 aromatic carbocycles. The van der Waals surface area contributed by atoms with Crippen LogP contribution < -0.4 is 19.9 Å². The van der Waals surface area contributed by atoms with Crippen LogP contribution in [0.25, 0.3) is 0 Å². The summed E-state index contributed by atoms with van der Waals surface area (Å²) in [7, 11) is -1.95. The van der Waals surface area contributed by atoms with E-state index in [1.165, 1.54) is 51.4 Å². The molecule has 0 unspecified atom stereocenters. The predicted octanol–water partition coefficient (Wildman–Crippen LogP) is 2.34. The summed E-state index contributed by atoms with van der Waals surface area (Å²) in [4.78, 5) is 15.4. The van der Waals surface area contributed by atoms with E-state index >= 15 is 0 Å². The summed E-state index contributed by atoms with van der Waals surface area (Å²) in [5, 5.41) is 0. The maximum absolute atomic E-state index is 3.98. The molecule has 0 aliphatic heterocycles. The number of hydrogen-bond acceptors (Lipinski definition) is 4. The minimum atomic E-state index is -1.95. The average Bonchev–Trinajstić information content (AvgIpc) is 2.49. The third-order valence-corrected chi connectivity index (χ3v) is 7.13. The van der Waals surface area contributed by atoms with Crippen LogP contribution in [0.5, 0.6) is 0 Å².